The van der Waals surface area contributed by atoms with Crippen LogP contribution in [0.25, 0.3) is 0 Å². The van der Waals surface area contributed by atoms with E-state index in [1.54, 1.807) is 6.92 Å². The van der Waals surface area contributed by atoms with Crippen molar-refractivity contribution in [1.82, 2.24) is 9.19 Å². The maximum absolute atomic E-state index is 11.3. The Hall–Kier alpha value is -0.170. The highest BCUT2D eigenvalue weighted by Gasteiger charge is 2.23. The van der Waals surface area contributed by atoms with Crippen LogP contribution in [-0.2, 0) is 15.0 Å². The number of hydrogen-bond donors (Lipinski definition) is 1. The van der Waals surface area contributed by atoms with E-state index >= 15 is 0 Å². The number of hydroxylamine groups is 1. The monoisotopic (exact) mass is 194 g/mol. The van der Waals surface area contributed by atoms with Gasteiger partial charge < -0.3 is 0 Å². The summed E-state index contributed by atoms with van der Waals surface area (Å²) < 4.78 is 25.9. The minimum Gasteiger partial charge on any atom is -0.283 e. The van der Waals surface area contributed by atoms with Gasteiger partial charge in [-0.1, -0.05) is 11.4 Å². The van der Waals surface area contributed by atoms with Crippen LogP contribution in [-0.4, -0.2) is 32.6 Å². The molecule has 0 bridgehead atoms. The summed E-state index contributed by atoms with van der Waals surface area (Å²) in [4.78, 5) is 4.98. The van der Waals surface area contributed by atoms with E-state index in [9.17, 15) is 8.42 Å². The molecular weight excluding hydrogens is 180 g/mol. The average Bonchev–Trinajstić information content (AvgIpc) is 2.06. The molecule has 0 aromatic rings. The first-order valence-electron chi connectivity index (χ1n) is 4.07. The Labute approximate surface area is 72.8 Å². The molecule has 6 heteroatoms. The molecule has 5 nitrogen and oxygen atoms in total. The smallest absolute Gasteiger partial charge is 0.283 e. The van der Waals surface area contributed by atoms with Gasteiger partial charge in [0.15, 0.2) is 0 Å². The number of nitrogens with zero attached hydrogens (tertiary/aromatic N) is 1. The zero-order valence-corrected chi connectivity index (χ0v) is 7.93. The summed E-state index contributed by atoms with van der Waals surface area (Å²) in [6, 6.07) is 0. The summed E-state index contributed by atoms with van der Waals surface area (Å²) in [7, 11) is -3.37. The molecule has 1 aliphatic heterocycles. The largest absolute Gasteiger partial charge is 0.301 e. The molecular formula is C6H14N2O3S. The summed E-state index contributed by atoms with van der Waals surface area (Å²) in [6.45, 7) is 3.07. The summed E-state index contributed by atoms with van der Waals surface area (Å²) >= 11 is 0. The Morgan fingerprint density at radius 1 is 1.50 bits per heavy atom. The molecule has 1 N–H and O–H groups in total. The van der Waals surface area contributed by atoms with Crippen molar-refractivity contribution in [1.29, 1.82) is 0 Å². The SMILES string of the molecule is CCNS(=O)(=O)N1CCCCO1. The predicted octanol–water partition coefficient (Wildman–Crippen LogP) is -0.132. The first kappa shape index (κ1) is 9.91. The number of rotatable bonds is 3. The Kier molecular flexibility index (Phi) is 3.45. The molecule has 1 aliphatic rings. The van der Waals surface area contributed by atoms with Crippen LogP contribution in [0.1, 0.15) is 19.8 Å². The van der Waals surface area contributed by atoms with Gasteiger partial charge in [0.05, 0.1) is 6.61 Å². The van der Waals surface area contributed by atoms with Crippen LogP contribution in [0.5, 0.6) is 0 Å². The van der Waals surface area contributed by atoms with E-state index in [1.165, 1.54) is 0 Å². The van der Waals surface area contributed by atoms with E-state index in [0.29, 0.717) is 19.7 Å². The second-order valence-corrected chi connectivity index (χ2v) is 4.22. The van der Waals surface area contributed by atoms with Crippen LogP contribution in [0.4, 0.5) is 0 Å². The maximum Gasteiger partial charge on any atom is 0.301 e. The van der Waals surface area contributed by atoms with Crippen molar-refractivity contribution in [3.63, 3.8) is 0 Å². The highest BCUT2D eigenvalue weighted by atomic mass is 32.2. The van der Waals surface area contributed by atoms with Crippen LogP contribution in [0.15, 0.2) is 0 Å². The van der Waals surface area contributed by atoms with Gasteiger partial charge in [0.2, 0.25) is 0 Å². The van der Waals surface area contributed by atoms with Crippen LogP contribution in [0.3, 0.4) is 0 Å². The second-order valence-electron chi connectivity index (χ2n) is 2.57. The molecule has 0 amide bonds. The fraction of sp³-hybridized carbons (Fsp3) is 1.00. The van der Waals surface area contributed by atoms with Crippen molar-refractivity contribution in [3.05, 3.63) is 0 Å². The van der Waals surface area contributed by atoms with Gasteiger partial charge in [0.25, 0.3) is 0 Å². The van der Waals surface area contributed by atoms with Crippen LogP contribution in [0.2, 0.25) is 0 Å². The van der Waals surface area contributed by atoms with E-state index in [-0.39, 0.29) is 0 Å². The lowest BCUT2D eigenvalue weighted by Crippen LogP contribution is -2.43. The van der Waals surface area contributed by atoms with Crippen LogP contribution < -0.4 is 4.72 Å². The molecule has 0 aromatic carbocycles. The van der Waals surface area contributed by atoms with Gasteiger partial charge in [0, 0.05) is 13.1 Å². The summed E-state index contributed by atoms with van der Waals surface area (Å²) in [5, 5.41) is 0. The molecule has 0 spiro atoms. The molecule has 0 radical (unpaired) electrons. The lowest BCUT2D eigenvalue weighted by Gasteiger charge is -2.24. The average molecular weight is 194 g/mol. The van der Waals surface area contributed by atoms with Crippen LogP contribution in [0, 0.1) is 0 Å². The molecule has 1 fully saturated rings. The Balaban J connectivity index is 2.54. The van der Waals surface area contributed by atoms with Crippen molar-refractivity contribution >= 4 is 10.2 Å². The standard InChI is InChI=1S/C6H14N2O3S/c1-2-7-12(9,10)8-5-3-4-6-11-8/h7H,2-6H2,1H3. The molecule has 0 aromatic heterocycles. The van der Waals surface area contributed by atoms with Crippen molar-refractivity contribution < 1.29 is 13.3 Å². The first-order valence-corrected chi connectivity index (χ1v) is 5.51. The molecule has 1 saturated heterocycles. The predicted molar refractivity (Wildman–Crippen MR) is 44.5 cm³/mol. The number of hydrogen-bond acceptors (Lipinski definition) is 3. The third-order valence-electron chi connectivity index (χ3n) is 1.57. The van der Waals surface area contributed by atoms with Crippen molar-refractivity contribution in [2.45, 2.75) is 19.8 Å². The Morgan fingerprint density at radius 2 is 2.25 bits per heavy atom. The van der Waals surface area contributed by atoms with Crippen LogP contribution >= 0.6 is 0 Å². The van der Waals surface area contributed by atoms with Gasteiger partial charge in [0.1, 0.15) is 0 Å². The van der Waals surface area contributed by atoms with Crippen molar-refractivity contribution in [3.8, 4) is 0 Å². The van der Waals surface area contributed by atoms with E-state index in [0.717, 1.165) is 17.3 Å². The molecule has 1 rings (SSSR count). The summed E-state index contributed by atoms with van der Waals surface area (Å²) in [5.41, 5.74) is 0. The molecule has 72 valence electrons. The maximum atomic E-state index is 11.3. The minimum atomic E-state index is -3.37. The number of nitrogens with one attached hydrogen (secondary N) is 1. The topological polar surface area (TPSA) is 58.6 Å². The van der Waals surface area contributed by atoms with Gasteiger partial charge in [-0.15, -0.1) is 0 Å². The van der Waals surface area contributed by atoms with E-state index in [1.807, 2.05) is 0 Å². The summed E-state index contributed by atoms with van der Waals surface area (Å²) in [6.07, 6.45) is 1.79. The Bertz CT molecular complexity index is 221. The molecule has 0 saturated carbocycles. The van der Waals surface area contributed by atoms with E-state index in [4.69, 9.17) is 4.84 Å². The summed E-state index contributed by atoms with van der Waals surface area (Å²) in [5.74, 6) is 0. The van der Waals surface area contributed by atoms with E-state index < -0.39 is 10.2 Å². The zero-order chi connectivity index (χ0) is 9.03. The third kappa shape index (κ3) is 2.41. The Morgan fingerprint density at radius 3 is 2.75 bits per heavy atom. The lowest BCUT2D eigenvalue weighted by molar-refractivity contribution is -0.109. The molecule has 12 heavy (non-hydrogen) atoms. The highest BCUT2D eigenvalue weighted by molar-refractivity contribution is 7.87. The van der Waals surface area contributed by atoms with Gasteiger partial charge in [-0.25, -0.2) is 4.72 Å². The van der Waals surface area contributed by atoms with E-state index in [2.05, 4.69) is 4.72 Å². The minimum absolute atomic E-state index is 0.391. The quantitative estimate of drug-likeness (QED) is 0.680. The van der Waals surface area contributed by atoms with Gasteiger partial charge >= 0.3 is 10.2 Å². The molecule has 0 aliphatic carbocycles. The van der Waals surface area contributed by atoms with Gasteiger partial charge in [-0.2, -0.15) is 8.42 Å². The third-order valence-corrected chi connectivity index (χ3v) is 3.04. The van der Waals surface area contributed by atoms with Crippen molar-refractivity contribution in [2.75, 3.05) is 19.7 Å². The normalized spacial score (nSPS) is 21.1. The molecule has 0 unspecified atom stereocenters. The second kappa shape index (κ2) is 4.18. The molecule has 1 heterocycles. The zero-order valence-electron chi connectivity index (χ0n) is 7.12. The molecule has 0 atom stereocenters. The highest BCUT2D eigenvalue weighted by Crippen LogP contribution is 2.08. The van der Waals surface area contributed by atoms with Gasteiger partial charge in [-0.05, 0) is 12.8 Å². The fourth-order valence-corrected chi connectivity index (χ4v) is 2.11. The van der Waals surface area contributed by atoms with Gasteiger partial charge in [-0.3, -0.25) is 4.84 Å². The fourth-order valence-electron chi connectivity index (χ4n) is 1.02. The van der Waals surface area contributed by atoms with Crippen molar-refractivity contribution in [2.24, 2.45) is 0 Å². The lowest BCUT2D eigenvalue weighted by atomic mass is 10.3. The first-order chi connectivity index (χ1) is 5.67.